The van der Waals surface area contributed by atoms with E-state index >= 15 is 0 Å². The molecule has 0 saturated carbocycles. The first-order valence-corrected chi connectivity index (χ1v) is 8.26. The van der Waals surface area contributed by atoms with Crippen LogP contribution in [0.2, 0.25) is 5.02 Å². The number of pyridine rings is 1. The van der Waals surface area contributed by atoms with Gasteiger partial charge in [0.15, 0.2) is 0 Å². The molecular weight excluding hydrogens is 367 g/mol. The third-order valence-electron chi connectivity index (χ3n) is 3.68. The number of halogens is 4. The van der Waals surface area contributed by atoms with E-state index in [4.69, 9.17) is 11.6 Å². The van der Waals surface area contributed by atoms with Gasteiger partial charge in [0.2, 0.25) is 0 Å². The summed E-state index contributed by atoms with van der Waals surface area (Å²) in [5.41, 5.74) is -0.468. The van der Waals surface area contributed by atoms with Gasteiger partial charge in [-0.25, -0.2) is 4.98 Å². The van der Waals surface area contributed by atoms with E-state index in [1.54, 1.807) is 24.3 Å². The van der Waals surface area contributed by atoms with Crippen molar-refractivity contribution in [3.63, 3.8) is 0 Å². The molecular formula is C18H20ClF3N3O+. The molecule has 0 unspecified atom stereocenters. The maximum atomic E-state index is 12.9. The number of anilines is 1. The van der Waals surface area contributed by atoms with E-state index in [2.05, 4.69) is 4.98 Å². The van der Waals surface area contributed by atoms with Gasteiger partial charge in [-0.3, -0.25) is 9.69 Å². The van der Waals surface area contributed by atoms with Gasteiger partial charge in [0.1, 0.15) is 5.82 Å². The van der Waals surface area contributed by atoms with Crippen LogP contribution in [-0.4, -0.2) is 49.6 Å². The summed E-state index contributed by atoms with van der Waals surface area (Å²) in [4.78, 5) is 18.1. The van der Waals surface area contributed by atoms with Crippen LogP contribution in [0.5, 0.6) is 0 Å². The summed E-state index contributed by atoms with van der Waals surface area (Å²) in [6, 6.07) is 8.48. The van der Waals surface area contributed by atoms with Crippen LogP contribution in [-0.2, 0) is 6.18 Å². The van der Waals surface area contributed by atoms with E-state index in [0.717, 1.165) is 12.3 Å². The van der Waals surface area contributed by atoms with E-state index in [1.807, 2.05) is 21.1 Å². The number of carbonyl (C=O) groups is 1. The lowest BCUT2D eigenvalue weighted by atomic mass is 10.2. The summed E-state index contributed by atoms with van der Waals surface area (Å²) in [6.07, 6.45) is -3.73. The Hall–Kier alpha value is -2.12. The highest BCUT2D eigenvalue weighted by molar-refractivity contribution is 6.30. The first kappa shape index (κ1) is 20.2. The van der Waals surface area contributed by atoms with Crippen molar-refractivity contribution < 1.29 is 22.4 Å². The Morgan fingerprint density at radius 2 is 1.73 bits per heavy atom. The maximum Gasteiger partial charge on any atom is 0.417 e. The Morgan fingerprint density at radius 3 is 2.19 bits per heavy atom. The van der Waals surface area contributed by atoms with Crippen molar-refractivity contribution in [3.05, 3.63) is 58.7 Å². The van der Waals surface area contributed by atoms with E-state index < -0.39 is 11.7 Å². The van der Waals surface area contributed by atoms with Gasteiger partial charge >= 0.3 is 6.18 Å². The molecule has 0 N–H and O–H groups in total. The Bertz CT molecular complexity index is 753. The van der Waals surface area contributed by atoms with Crippen molar-refractivity contribution >= 4 is 23.3 Å². The second-order valence-corrected chi connectivity index (χ2v) is 7.32. The highest BCUT2D eigenvalue weighted by Gasteiger charge is 2.31. The molecule has 0 fully saturated rings. The maximum absolute atomic E-state index is 12.9. The molecule has 2 rings (SSSR count). The molecule has 0 saturated heterocycles. The quantitative estimate of drug-likeness (QED) is 0.725. The number of likely N-dealkylation sites (N-methyl/N-ethyl adjacent to an activating group) is 1. The van der Waals surface area contributed by atoms with Crippen LogP contribution in [0.25, 0.3) is 0 Å². The molecule has 0 atom stereocenters. The smallest absolute Gasteiger partial charge is 0.329 e. The molecule has 8 heteroatoms. The number of quaternary nitrogens is 1. The Balaban J connectivity index is 2.34. The van der Waals surface area contributed by atoms with E-state index in [9.17, 15) is 18.0 Å². The van der Waals surface area contributed by atoms with Crippen molar-refractivity contribution in [2.24, 2.45) is 0 Å². The first-order valence-electron chi connectivity index (χ1n) is 7.88. The van der Waals surface area contributed by atoms with Gasteiger partial charge in [-0.15, -0.1) is 0 Å². The van der Waals surface area contributed by atoms with Gasteiger partial charge in [0.05, 0.1) is 39.8 Å². The molecule has 1 heterocycles. The summed E-state index contributed by atoms with van der Waals surface area (Å²) in [6.45, 7) is 0.908. The summed E-state index contributed by atoms with van der Waals surface area (Å²) < 4.78 is 38.8. The van der Waals surface area contributed by atoms with Crippen molar-refractivity contribution in [3.8, 4) is 0 Å². The van der Waals surface area contributed by atoms with Crippen molar-refractivity contribution in [2.75, 3.05) is 39.1 Å². The van der Waals surface area contributed by atoms with Crippen LogP contribution < -0.4 is 4.90 Å². The molecule has 0 aliphatic carbocycles. The number of benzene rings is 1. The fraction of sp³-hybridized carbons (Fsp3) is 0.333. The van der Waals surface area contributed by atoms with E-state index in [-0.39, 0.29) is 11.7 Å². The molecule has 0 spiro atoms. The van der Waals surface area contributed by atoms with Crippen LogP contribution in [0.3, 0.4) is 0 Å². The van der Waals surface area contributed by atoms with E-state index in [0.29, 0.717) is 28.2 Å². The number of hydrogen-bond acceptors (Lipinski definition) is 2. The summed E-state index contributed by atoms with van der Waals surface area (Å²) >= 11 is 5.85. The number of nitrogens with zero attached hydrogens (tertiary/aromatic N) is 3. The molecule has 140 valence electrons. The zero-order valence-corrected chi connectivity index (χ0v) is 15.5. The Morgan fingerprint density at radius 1 is 1.12 bits per heavy atom. The largest absolute Gasteiger partial charge is 0.417 e. The standard InChI is InChI=1S/C18H20ClF3N3O/c1-25(2,3)11-10-24(17(26)13-4-7-15(19)8-5-13)16-9-6-14(12-23-16)18(20,21)22/h4-9,12H,10-11H2,1-3H3/q+1. The predicted octanol–water partition coefficient (Wildman–Crippen LogP) is 4.11. The second-order valence-electron chi connectivity index (χ2n) is 6.88. The summed E-state index contributed by atoms with van der Waals surface area (Å²) in [5.74, 6) is -0.172. The van der Waals surface area contributed by atoms with Crippen molar-refractivity contribution in [1.82, 2.24) is 4.98 Å². The average molecular weight is 387 g/mol. The zero-order chi connectivity index (χ0) is 19.5. The van der Waals surface area contributed by atoms with Gasteiger partial charge < -0.3 is 4.48 Å². The second kappa shape index (κ2) is 7.63. The predicted molar refractivity (Wildman–Crippen MR) is 95.3 cm³/mol. The number of rotatable bonds is 5. The normalized spacial score (nSPS) is 12.1. The number of carbonyl (C=O) groups excluding carboxylic acids is 1. The average Bonchev–Trinajstić information content (AvgIpc) is 2.54. The monoisotopic (exact) mass is 386 g/mol. The van der Waals surface area contributed by atoms with Gasteiger partial charge in [-0.2, -0.15) is 13.2 Å². The zero-order valence-electron chi connectivity index (χ0n) is 14.7. The molecule has 1 aromatic carbocycles. The number of alkyl halides is 3. The number of aromatic nitrogens is 1. The van der Waals surface area contributed by atoms with Gasteiger partial charge in [-0.05, 0) is 36.4 Å². The molecule has 0 bridgehead atoms. The molecule has 26 heavy (non-hydrogen) atoms. The van der Waals surface area contributed by atoms with Crippen LogP contribution >= 0.6 is 11.6 Å². The molecule has 1 amide bonds. The highest BCUT2D eigenvalue weighted by Crippen LogP contribution is 2.29. The first-order chi connectivity index (χ1) is 12.0. The SMILES string of the molecule is C[N+](C)(C)CCN(C(=O)c1ccc(Cl)cc1)c1ccc(C(F)(F)F)cn1. The third-order valence-corrected chi connectivity index (χ3v) is 3.93. The molecule has 0 aliphatic heterocycles. The van der Waals surface area contributed by atoms with Crippen LogP contribution in [0, 0.1) is 0 Å². The van der Waals surface area contributed by atoms with Crippen LogP contribution in [0.1, 0.15) is 15.9 Å². The van der Waals surface area contributed by atoms with Gasteiger partial charge in [0, 0.05) is 16.8 Å². The fourth-order valence-corrected chi connectivity index (χ4v) is 2.31. The van der Waals surface area contributed by atoms with Crippen molar-refractivity contribution in [1.29, 1.82) is 0 Å². The topological polar surface area (TPSA) is 33.2 Å². The van der Waals surface area contributed by atoms with Crippen LogP contribution in [0.15, 0.2) is 42.6 Å². The Labute approximate surface area is 155 Å². The number of amides is 1. The molecule has 2 aromatic rings. The van der Waals surface area contributed by atoms with Crippen LogP contribution in [0.4, 0.5) is 19.0 Å². The van der Waals surface area contributed by atoms with Gasteiger partial charge in [-0.1, -0.05) is 11.6 Å². The lowest BCUT2D eigenvalue weighted by Gasteiger charge is -2.28. The fourth-order valence-electron chi connectivity index (χ4n) is 2.18. The lowest BCUT2D eigenvalue weighted by Crippen LogP contribution is -2.44. The lowest BCUT2D eigenvalue weighted by molar-refractivity contribution is -0.868. The molecule has 0 aliphatic rings. The molecule has 1 aromatic heterocycles. The third kappa shape index (κ3) is 5.44. The highest BCUT2D eigenvalue weighted by atomic mass is 35.5. The van der Waals surface area contributed by atoms with Crippen molar-refractivity contribution in [2.45, 2.75) is 6.18 Å². The summed E-state index contributed by atoms with van der Waals surface area (Å²) in [5, 5.41) is 0.493. The minimum absolute atomic E-state index is 0.173. The van der Waals surface area contributed by atoms with E-state index in [1.165, 1.54) is 11.0 Å². The minimum atomic E-state index is -4.47. The molecule has 0 radical (unpaired) electrons. The Kier molecular flexibility index (Phi) is 5.93. The molecule has 4 nitrogen and oxygen atoms in total. The summed E-state index contributed by atoms with van der Waals surface area (Å²) in [7, 11) is 5.89. The minimum Gasteiger partial charge on any atom is -0.329 e. The number of hydrogen-bond donors (Lipinski definition) is 0. The van der Waals surface area contributed by atoms with Gasteiger partial charge in [0.25, 0.3) is 5.91 Å².